The maximum absolute atomic E-state index is 13.6. The van der Waals surface area contributed by atoms with Gasteiger partial charge in [0, 0.05) is 16.9 Å². The molecule has 0 saturated carbocycles. The molecule has 0 radical (unpaired) electrons. The fourth-order valence-electron chi connectivity index (χ4n) is 1.55. The van der Waals surface area contributed by atoms with Crippen molar-refractivity contribution >= 4 is 17.3 Å². The fourth-order valence-corrected chi connectivity index (χ4v) is 2.36. The maximum atomic E-state index is 13.6. The Bertz CT molecular complexity index is 518. The van der Waals surface area contributed by atoms with Gasteiger partial charge < -0.3 is 10.3 Å². The van der Waals surface area contributed by atoms with E-state index in [0.717, 1.165) is 6.07 Å². The van der Waals surface area contributed by atoms with Crippen molar-refractivity contribution in [3.8, 4) is 0 Å². The van der Waals surface area contributed by atoms with E-state index in [2.05, 4.69) is 4.72 Å². The lowest BCUT2D eigenvalue weighted by molar-refractivity contribution is -0.143. The van der Waals surface area contributed by atoms with E-state index in [-0.39, 0.29) is 0 Å². The van der Waals surface area contributed by atoms with Gasteiger partial charge in [0.2, 0.25) is 0 Å². The number of carbonyl (C=O) groups is 1. The van der Waals surface area contributed by atoms with Crippen LogP contribution in [0, 0.1) is 0 Å². The lowest BCUT2D eigenvalue weighted by Crippen LogP contribution is -2.40. The minimum atomic E-state index is -3.72. The number of halogens is 2. The molecule has 0 saturated heterocycles. The van der Waals surface area contributed by atoms with Crippen LogP contribution in [-0.4, -0.2) is 15.2 Å². The Balaban J connectivity index is 2.98. The third-order valence-electron chi connectivity index (χ3n) is 2.90. The van der Waals surface area contributed by atoms with Gasteiger partial charge in [-0.05, 0) is 39.3 Å². The van der Waals surface area contributed by atoms with Crippen molar-refractivity contribution in [2.45, 2.75) is 44.4 Å². The zero-order chi connectivity index (χ0) is 16.4. The van der Waals surface area contributed by atoms with Crippen molar-refractivity contribution in [2.24, 2.45) is 5.73 Å². The molecule has 1 aromatic carbocycles. The van der Waals surface area contributed by atoms with Gasteiger partial charge in [-0.1, -0.05) is 18.2 Å². The van der Waals surface area contributed by atoms with Crippen LogP contribution in [-0.2, 0) is 22.1 Å². The first-order valence-electron chi connectivity index (χ1n) is 6.42. The molecule has 1 aromatic rings. The predicted molar refractivity (Wildman–Crippen MR) is 79.0 cm³/mol. The Morgan fingerprint density at radius 2 is 1.95 bits per heavy atom. The topological polar surface area (TPSA) is 78.2 Å². The van der Waals surface area contributed by atoms with Gasteiger partial charge in [0.15, 0.2) is 0 Å². The van der Waals surface area contributed by atoms with Crippen LogP contribution in [0.2, 0.25) is 0 Å². The molecule has 0 bridgehead atoms. The molecule has 1 rings (SSSR count). The minimum absolute atomic E-state index is 0.409. The lowest BCUT2D eigenvalue weighted by atomic mass is 10.0. The van der Waals surface area contributed by atoms with Crippen LogP contribution in [0.5, 0.6) is 0 Å². The van der Waals surface area contributed by atoms with Crippen LogP contribution in [0.1, 0.15) is 44.9 Å². The Kier molecular flexibility index (Phi) is 5.35. The number of alkyl halides is 2. The highest BCUT2D eigenvalue weighted by Gasteiger charge is 2.39. The monoisotopic (exact) mass is 318 g/mol. The Labute approximate surface area is 126 Å². The van der Waals surface area contributed by atoms with Gasteiger partial charge in [-0.3, -0.25) is 4.79 Å². The quantitative estimate of drug-likeness (QED) is 0.818. The summed E-state index contributed by atoms with van der Waals surface area (Å²) >= 11 is -1.33. The number of primary amides is 1. The molecular formula is C14H20F2N2O2S. The van der Waals surface area contributed by atoms with Gasteiger partial charge in [0.25, 0.3) is 5.91 Å². The third-order valence-corrected chi connectivity index (χ3v) is 4.58. The number of benzene rings is 1. The lowest BCUT2D eigenvalue weighted by Gasteiger charge is -2.27. The van der Waals surface area contributed by atoms with Gasteiger partial charge in [0.1, 0.15) is 4.75 Å². The Morgan fingerprint density at radius 3 is 2.43 bits per heavy atom. The third kappa shape index (κ3) is 4.39. The number of carbonyl (C=O) groups excluding carboxylic acids is 1. The van der Waals surface area contributed by atoms with E-state index in [4.69, 9.17) is 5.73 Å². The largest absolute Gasteiger partial charge is 0.598 e. The zero-order valence-electron chi connectivity index (χ0n) is 12.4. The SMILES string of the molecule is C[C@@H](N[S@+]([O-])C(C)(C)C)c1cccc(C(F)(F)C(N)=O)c1. The number of hydrogen-bond donors (Lipinski definition) is 2. The first-order valence-corrected chi connectivity index (χ1v) is 7.57. The summed E-state index contributed by atoms with van der Waals surface area (Å²) in [4.78, 5) is 10.8. The molecule has 118 valence electrons. The smallest absolute Gasteiger partial charge is 0.349 e. The van der Waals surface area contributed by atoms with Gasteiger partial charge in [-0.15, -0.1) is 4.72 Å². The summed E-state index contributed by atoms with van der Waals surface area (Å²) in [5.74, 6) is -5.42. The van der Waals surface area contributed by atoms with Gasteiger partial charge in [-0.2, -0.15) is 8.78 Å². The average molecular weight is 318 g/mol. The van der Waals surface area contributed by atoms with Crippen molar-refractivity contribution in [1.82, 2.24) is 4.72 Å². The van der Waals surface area contributed by atoms with Crippen LogP contribution >= 0.6 is 0 Å². The summed E-state index contributed by atoms with van der Waals surface area (Å²) in [6.07, 6.45) is 0. The Hall–Kier alpha value is -1.18. The second-order valence-corrected chi connectivity index (χ2v) is 7.78. The number of hydrogen-bond acceptors (Lipinski definition) is 3. The number of amides is 1. The molecule has 0 aliphatic carbocycles. The molecule has 0 spiro atoms. The van der Waals surface area contributed by atoms with E-state index in [1.165, 1.54) is 12.1 Å². The molecule has 0 aliphatic heterocycles. The van der Waals surface area contributed by atoms with Crippen LogP contribution in [0.25, 0.3) is 0 Å². The van der Waals surface area contributed by atoms with Crippen molar-refractivity contribution < 1.29 is 18.1 Å². The summed E-state index contributed by atoms with van der Waals surface area (Å²) in [6.45, 7) is 7.13. The second kappa shape index (κ2) is 6.29. The van der Waals surface area contributed by atoms with E-state index in [9.17, 15) is 18.1 Å². The molecule has 1 amide bonds. The summed E-state index contributed by atoms with van der Waals surface area (Å²) in [5.41, 5.74) is 4.75. The summed E-state index contributed by atoms with van der Waals surface area (Å²) in [5, 5.41) is 0. The van der Waals surface area contributed by atoms with E-state index >= 15 is 0 Å². The molecule has 0 heterocycles. The van der Waals surface area contributed by atoms with Crippen molar-refractivity contribution in [2.75, 3.05) is 0 Å². The zero-order valence-corrected chi connectivity index (χ0v) is 13.3. The molecule has 21 heavy (non-hydrogen) atoms. The van der Waals surface area contributed by atoms with Gasteiger partial charge in [-0.25, -0.2) is 0 Å². The molecule has 7 heteroatoms. The summed E-state index contributed by atoms with van der Waals surface area (Å²) < 4.78 is 41.6. The highest BCUT2D eigenvalue weighted by Crippen LogP contribution is 2.29. The standard InChI is InChI=1S/C14H20F2N2O2S/c1-9(18-21(20)13(2,3)4)10-6-5-7-11(8-10)14(15,16)12(17)19/h5-9,18H,1-4H3,(H2,17,19)/t9-,21-/m1/s1. The normalized spacial score (nSPS) is 15.6. The first kappa shape index (κ1) is 17.9. The van der Waals surface area contributed by atoms with Crippen molar-refractivity contribution in [1.29, 1.82) is 0 Å². The molecular weight excluding hydrogens is 298 g/mol. The van der Waals surface area contributed by atoms with Crippen LogP contribution < -0.4 is 10.5 Å². The summed E-state index contributed by atoms with van der Waals surface area (Å²) in [7, 11) is 0. The molecule has 0 fully saturated rings. The second-order valence-electron chi connectivity index (χ2n) is 5.78. The fraction of sp³-hybridized carbons (Fsp3) is 0.500. The number of nitrogens with two attached hydrogens (primary N) is 1. The molecule has 2 atom stereocenters. The van der Waals surface area contributed by atoms with Crippen molar-refractivity contribution in [3.63, 3.8) is 0 Å². The summed E-state index contributed by atoms with van der Waals surface area (Å²) in [6, 6.07) is 4.97. The molecule has 4 nitrogen and oxygen atoms in total. The number of nitrogens with one attached hydrogen (secondary N) is 1. The maximum Gasteiger partial charge on any atom is 0.349 e. The van der Waals surface area contributed by atoms with E-state index in [0.29, 0.717) is 5.56 Å². The minimum Gasteiger partial charge on any atom is -0.598 e. The predicted octanol–water partition coefficient (Wildman–Crippen LogP) is 2.38. The van der Waals surface area contributed by atoms with Crippen molar-refractivity contribution in [3.05, 3.63) is 35.4 Å². The van der Waals surface area contributed by atoms with Gasteiger partial charge in [0.05, 0.1) is 6.04 Å². The molecule has 0 aliphatic rings. The highest BCUT2D eigenvalue weighted by atomic mass is 32.2. The van der Waals surface area contributed by atoms with Crippen LogP contribution in [0.3, 0.4) is 0 Å². The van der Waals surface area contributed by atoms with E-state index in [1.807, 2.05) is 0 Å². The molecule has 0 aromatic heterocycles. The van der Waals surface area contributed by atoms with Gasteiger partial charge >= 0.3 is 5.92 Å². The van der Waals surface area contributed by atoms with E-state index in [1.54, 1.807) is 33.8 Å². The van der Waals surface area contributed by atoms with Crippen LogP contribution in [0.4, 0.5) is 8.78 Å². The molecule has 0 unspecified atom stereocenters. The van der Waals surface area contributed by atoms with E-state index < -0.39 is 39.5 Å². The average Bonchev–Trinajstić information content (AvgIpc) is 2.37. The molecule has 3 N–H and O–H groups in total. The first-order chi connectivity index (χ1) is 9.46. The van der Waals surface area contributed by atoms with Crippen LogP contribution in [0.15, 0.2) is 24.3 Å². The number of rotatable bonds is 5. The highest BCUT2D eigenvalue weighted by molar-refractivity contribution is 7.90. The Morgan fingerprint density at radius 1 is 1.38 bits per heavy atom.